The number of rotatable bonds is 4. The van der Waals surface area contributed by atoms with E-state index in [0.29, 0.717) is 16.5 Å². The lowest BCUT2D eigenvalue weighted by molar-refractivity contribution is 0.416. The Hall–Kier alpha value is -2.16. The van der Waals surface area contributed by atoms with Crippen LogP contribution in [-0.4, -0.2) is 20.6 Å². The topological polar surface area (TPSA) is 93.4 Å². The molecule has 2 rings (SSSR count). The molecule has 0 bridgehead atoms. The molecule has 0 radical (unpaired) electrons. The number of thiocarbonyl (C=S) groups is 1. The number of anilines is 2. The Morgan fingerprint density at radius 3 is 2.19 bits per heavy atom. The Morgan fingerprint density at radius 2 is 1.69 bits per heavy atom. The highest BCUT2D eigenvalue weighted by molar-refractivity contribution is 7.89. The SMILES string of the molecule is COc1ccc(C(C)(C)C)cc1NC(=S)Nc1ccc(S(N)(=O)=O)cc1. The fraction of sp³-hybridized carbons (Fsp3) is 0.278. The van der Waals surface area contributed by atoms with Gasteiger partial charge in [0.15, 0.2) is 5.11 Å². The summed E-state index contributed by atoms with van der Waals surface area (Å²) < 4.78 is 28.0. The molecule has 8 heteroatoms. The number of sulfonamides is 1. The number of nitrogens with one attached hydrogen (secondary N) is 2. The van der Waals surface area contributed by atoms with Gasteiger partial charge in [0.1, 0.15) is 5.75 Å². The normalized spacial score (nSPS) is 11.7. The standard InChI is InChI=1S/C18H23N3O3S2/c1-18(2,3)12-5-10-16(24-4)15(11-12)21-17(25)20-13-6-8-14(9-7-13)26(19,22)23/h5-11H,1-4H3,(H2,19,22,23)(H2,20,21,25). The molecule has 26 heavy (non-hydrogen) atoms. The van der Waals surface area contributed by atoms with Crippen LogP contribution in [0.5, 0.6) is 5.75 Å². The summed E-state index contributed by atoms with van der Waals surface area (Å²) in [6.45, 7) is 6.38. The fourth-order valence-corrected chi connectivity index (χ4v) is 3.03. The van der Waals surface area contributed by atoms with E-state index in [9.17, 15) is 8.42 Å². The summed E-state index contributed by atoms with van der Waals surface area (Å²) >= 11 is 5.35. The zero-order valence-corrected chi connectivity index (χ0v) is 16.8. The number of methoxy groups -OCH3 is 1. The molecular formula is C18H23N3O3S2. The van der Waals surface area contributed by atoms with Crippen LogP contribution in [0, 0.1) is 0 Å². The second-order valence-corrected chi connectivity index (χ2v) is 8.78. The third-order valence-corrected chi connectivity index (χ3v) is 4.89. The molecule has 0 aliphatic carbocycles. The van der Waals surface area contributed by atoms with Gasteiger partial charge in [0.25, 0.3) is 0 Å². The van der Waals surface area contributed by atoms with E-state index in [1.165, 1.54) is 12.1 Å². The maximum atomic E-state index is 11.3. The minimum Gasteiger partial charge on any atom is -0.495 e. The van der Waals surface area contributed by atoms with Gasteiger partial charge in [0.05, 0.1) is 17.7 Å². The van der Waals surface area contributed by atoms with Crippen LogP contribution in [0.2, 0.25) is 0 Å². The van der Waals surface area contributed by atoms with Crippen LogP contribution in [0.4, 0.5) is 11.4 Å². The van der Waals surface area contributed by atoms with Crippen molar-refractivity contribution in [3.63, 3.8) is 0 Å². The molecular weight excluding hydrogens is 370 g/mol. The van der Waals surface area contributed by atoms with Crippen LogP contribution in [-0.2, 0) is 15.4 Å². The molecule has 0 spiro atoms. The van der Waals surface area contributed by atoms with Crippen molar-refractivity contribution in [1.29, 1.82) is 0 Å². The van der Waals surface area contributed by atoms with Crippen molar-refractivity contribution in [3.8, 4) is 5.75 Å². The molecule has 4 N–H and O–H groups in total. The molecule has 0 amide bonds. The lowest BCUT2D eigenvalue weighted by Crippen LogP contribution is -2.20. The molecule has 0 saturated carbocycles. The summed E-state index contributed by atoms with van der Waals surface area (Å²) in [6.07, 6.45) is 0. The van der Waals surface area contributed by atoms with E-state index in [1.54, 1.807) is 19.2 Å². The summed E-state index contributed by atoms with van der Waals surface area (Å²) in [5.41, 5.74) is 2.52. The second kappa shape index (κ2) is 7.61. The van der Waals surface area contributed by atoms with E-state index >= 15 is 0 Å². The van der Waals surface area contributed by atoms with Crippen LogP contribution in [0.3, 0.4) is 0 Å². The van der Waals surface area contributed by atoms with Gasteiger partial charge in [-0.2, -0.15) is 0 Å². The molecule has 0 aliphatic rings. The van der Waals surface area contributed by atoms with Gasteiger partial charge in [-0.05, 0) is 59.6 Å². The highest BCUT2D eigenvalue weighted by Gasteiger charge is 2.16. The van der Waals surface area contributed by atoms with Crippen molar-refractivity contribution < 1.29 is 13.2 Å². The van der Waals surface area contributed by atoms with Gasteiger partial charge in [-0.3, -0.25) is 0 Å². The van der Waals surface area contributed by atoms with E-state index < -0.39 is 10.0 Å². The average molecular weight is 394 g/mol. The summed E-state index contributed by atoms with van der Waals surface area (Å²) in [4.78, 5) is 0.0430. The lowest BCUT2D eigenvalue weighted by Gasteiger charge is -2.22. The highest BCUT2D eigenvalue weighted by Crippen LogP contribution is 2.31. The van der Waals surface area contributed by atoms with Gasteiger partial charge in [-0.15, -0.1) is 0 Å². The van der Waals surface area contributed by atoms with Crippen molar-refractivity contribution in [3.05, 3.63) is 48.0 Å². The minimum atomic E-state index is -3.72. The second-order valence-electron chi connectivity index (χ2n) is 6.81. The third kappa shape index (κ3) is 5.17. The number of benzene rings is 2. The molecule has 2 aromatic carbocycles. The van der Waals surface area contributed by atoms with Crippen molar-refractivity contribution in [1.82, 2.24) is 0 Å². The third-order valence-electron chi connectivity index (χ3n) is 3.75. The smallest absolute Gasteiger partial charge is 0.238 e. The Labute approximate surface area is 159 Å². The fourth-order valence-electron chi connectivity index (χ4n) is 2.28. The molecule has 0 aromatic heterocycles. The molecule has 0 aliphatic heterocycles. The Balaban J connectivity index is 2.17. The highest BCUT2D eigenvalue weighted by atomic mass is 32.2. The quantitative estimate of drug-likeness (QED) is 0.689. The maximum absolute atomic E-state index is 11.3. The van der Waals surface area contributed by atoms with Gasteiger partial charge in [0, 0.05) is 5.69 Å². The summed E-state index contributed by atoms with van der Waals surface area (Å²) in [6, 6.07) is 11.9. The summed E-state index contributed by atoms with van der Waals surface area (Å²) in [5, 5.41) is 11.6. The number of ether oxygens (including phenoxy) is 1. The molecule has 0 fully saturated rings. The first-order chi connectivity index (χ1) is 12.0. The predicted octanol–water partition coefficient (Wildman–Crippen LogP) is 3.45. The number of hydrogen-bond acceptors (Lipinski definition) is 4. The predicted molar refractivity (Wildman–Crippen MR) is 109 cm³/mol. The van der Waals surface area contributed by atoms with E-state index in [0.717, 1.165) is 11.3 Å². The van der Waals surface area contributed by atoms with Crippen LogP contribution in [0.25, 0.3) is 0 Å². The average Bonchev–Trinajstić information content (AvgIpc) is 2.53. The molecule has 0 atom stereocenters. The Bertz CT molecular complexity index is 902. The van der Waals surface area contributed by atoms with Crippen molar-refractivity contribution in [2.75, 3.05) is 17.7 Å². The van der Waals surface area contributed by atoms with Crippen LogP contribution < -0.4 is 20.5 Å². The Kier molecular flexibility index (Phi) is 5.90. The number of hydrogen-bond donors (Lipinski definition) is 3. The largest absolute Gasteiger partial charge is 0.495 e. The van der Waals surface area contributed by atoms with Crippen molar-refractivity contribution in [2.45, 2.75) is 31.1 Å². The molecule has 6 nitrogen and oxygen atoms in total. The first-order valence-corrected chi connectivity index (χ1v) is 9.85. The van der Waals surface area contributed by atoms with Gasteiger partial charge in [-0.25, -0.2) is 13.6 Å². The lowest BCUT2D eigenvalue weighted by atomic mass is 9.87. The summed E-state index contributed by atoms with van der Waals surface area (Å²) in [5.74, 6) is 0.673. The van der Waals surface area contributed by atoms with Crippen molar-refractivity contribution >= 4 is 38.7 Å². The Morgan fingerprint density at radius 1 is 1.08 bits per heavy atom. The molecule has 0 heterocycles. The minimum absolute atomic E-state index is 0.0126. The van der Waals surface area contributed by atoms with E-state index in [1.807, 2.05) is 18.2 Å². The summed E-state index contributed by atoms with van der Waals surface area (Å²) in [7, 11) is -2.12. The molecule has 0 saturated heterocycles. The van der Waals surface area contributed by atoms with Crippen LogP contribution >= 0.6 is 12.2 Å². The molecule has 0 unspecified atom stereocenters. The zero-order chi connectivity index (χ0) is 19.5. The zero-order valence-electron chi connectivity index (χ0n) is 15.2. The number of primary sulfonamides is 1. The molecule has 140 valence electrons. The monoisotopic (exact) mass is 393 g/mol. The van der Waals surface area contributed by atoms with Gasteiger partial charge in [-0.1, -0.05) is 26.8 Å². The maximum Gasteiger partial charge on any atom is 0.238 e. The first-order valence-electron chi connectivity index (χ1n) is 7.90. The van der Waals surface area contributed by atoms with Gasteiger partial charge in [0.2, 0.25) is 10.0 Å². The van der Waals surface area contributed by atoms with Gasteiger partial charge < -0.3 is 15.4 Å². The number of nitrogens with two attached hydrogens (primary N) is 1. The molecule has 2 aromatic rings. The van der Waals surface area contributed by atoms with Crippen molar-refractivity contribution in [2.24, 2.45) is 5.14 Å². The van der Waals surface area contributed by atoms with E-state index in [2.05, 4.69) is 31.4 Å². The first kappa shape index (κ1) is 20.2. The van der Waals surface area contributed by atoms with Crippen LogP contribution in [0.15, 0.2) is 47.4 Å². The van der Waals surface area contributed by atoms with E-state index in [-0.39, 0.29) is 10.3 Å². The van der Waals surface area contributed by atoms with Gasteiger partial charge >= 0.3 is 0 Å². The van der Waals surface area contributed by atoms with Crippen LogP contribution in [0.1, 0.15) is 26.3 Å². The van der Waals surface area contributed by atoms with E-state index in [4.69, 9.17) is 22.1 Å².